The van der Waals surface area contributed by atoms with Crippen molar-refractivity contribution in [2.24, 2.45) is 5.41 Å². The molecule has 0 amide bonds. The zero-order valence-electron chi connectivity index (χ0n) is 7.96. The van der Waals surface area contributed by atoms with Gasteiger partial charge in [-0.1, -0.05) is 12.8 Å². The average Bonchev–Trinajstić information content (AvgIpc) is 2.73. The van der Waals surface area contributed by atoms with Crippen molar-refractivity contribution in [2.45, 2.75) is 37.7 Å². The predicted octanol–water partition coefficient (Wildman–Crippen LogP) is 0.690. The van der Waals surface area contributed by atoms with E-state index in [0.29, 0.717) is 19.6 Å². The van der Waals surface area contributed by atoms with Crippen LogP contribution in [0, 0.1) is 5.41 Å². The van der Waals surface area contributed by atoms with Crippen molar-refractivity contribution >= 4 is 0 Å². The number of aliphatic hydroxyl groups is 2. The maximum Gasteiger partial charge on any atom is 0.0979 e. The molecular formula is C10H18O3. The highest BCUT2D eigenvalue weighted by atomic mass is 16.5. The van der Waals surface area contributed by atoms with Crippen molar-refractivity contribution < 1.29 is 14.9 Å². The highest BCUT2D eigenvalue weighted by Gasteiger charge is 2.53. The first-order valence-corrected chi connectivity index (χ1v) is 5.13. The summed E-state index contributed by atoms with van der Waals surface area (Å²) in [5.74, 6) is 0. The van der Waals surface area contributed by atoms with E-state index < -0.39 is 5.60 Å². The van der Waals surface area contributed by atoms with E-state index in [9.17, 15) is 10.2 Å². The number of rotatable bonds is 2. The minimum absolute atomic E-state index is 0.104. The quantitative estimate of drug-likeness (QED) is 0.667. The number of hydrogen-bond donors (Lipinski definition) is 2. The molecule has 0 radical (unpaired) electrons. The maximum atomic E-state index is 10.4. The van der Waals surface area contributed by atoms with Crippen molar-refractivity contribution in [2.75, 3.05) is 19.8 Å². The van der Waals surface area contributed by atoms with Gasteiger partial charge in [0.15, 0.2) is 0 Å². The zero-order chi connectivity index (χ0) is 9.36. The monoisotopic (exact) mass is 186 g/mol. The Morgan fingerprint density at radius 3 is 2.31 bits per heavy atom. The van der Waals surface area contributed by atoms with Crippen LogP contribution in [0.2, 0.25) is 0 Å². The van der Waals surface area contributed by atoms with E-state index in [2.05, 4.69) is 0 Å². The van der Waals surface area contributed by atoms with Crippen LogP contribution in [0.5, 0.6) is 0 Å². The second-order valence-electron chi connectivity index (χ2n) is 4.48. The third-order valence-electron chi connectivity index (χ3n) is 3.85. The van der Waals surface area contributed by atoms with E-state index in [1.807, 2.05) is 0 Å². The molecule has 0 bridgehead atoms. The van der Waals surface area contributed by atoms with E-state index >= 15 is 0 Å². The lowest BCUT2D eigenvalue weighted by molar-refractivity contribution is -0.107. The van der Waals surface area contributed by atoms with Crippen molar-refractivity contribution in [3.05, 3.63) is 0 Å². The van der Waals surface area contributed by atoms with E-state index in [0.717, 1.165) is 25.7 Å². The molecule has 2 aliphatic rings. The molecule has 1 atom stereocenters. The van der Waals surface area contributed by atoms with Crippen molar-refractivity contribution in [1.29, 1.82) is 0 Å². The van der Waals surface area contributed by atoms with E-state index in [1.165, 1.54) is 0 Å². The first kappa shape index (κ1) is 9.44. The number of ether oxygens (including phenoxy) is 1. The Bertz CT molecular complexity index is 179. The first-order chi connectivity index (χ1) is 6.22. The van der Waals surface area contributed by atoms with Crippen LogP contribution in [-0.2, 0) is 4.74 Å². The zero-order valence-corrected chi connectivity index (χ0v) is 7.96. The van der Waals surface area contributed by atoms with E-state index in [1.54, 1.807) is 0 Å². The Balaban J connectivity index is 2.18. The highest BCUT2D eigenvalue weighted by molar-refractivity contribution is 5.03. The minimum Gasteiger partial charge on any atom is -0.396 e. The highest BCUT2D eigenvalue weighted by Crippen LogP contribution is 2.49. The van der Waals surface area contributed by atoms with Crippen molar-refractivity contribution in [3.63, 3.8) is 0 Å². The molecule has 1 saturated heterocycles. The summed E-state index contributed by atoms with van der Waals surface area (Å²) >= 11 is 0. The van der Waals surface area contributed by atoms with E-state index in [4.69, 9.17) is 4.74 Å². The second-order valence-corrected chi connectivity index (χ2v) is 4.48. The van der Waals surface area contributed by atoms with Gasteiger partial charge in [0, 0.05) is 18.4 Å². The Morgan fingerprint density at radius 1 is 1.15 bits per heavy atom. The van der Waals surface area contributed by atoms with Gasteiger partial charge in [0.2, 0.25) is 0 Å². The molecule has 13 heavy (non-hydrogen) atoms. The molecule has 2 fully saturated rings. The number of hydrogen-bond acceptors (Lipinski definition) is 3. The Morgan fingerprint density at radius 2 is 1.85 bits per heavy atom. The summed E-state index contributed by atoms with van der Waals surface area (Å²) in [7, 11) is 0. The maximum absolute atomic E-state index is 10.4. The van der Waals surface area contributed by atoms with Crippen LogP contribution < -0.4 is 0 Å². The first-order valence-electron chi connectivity index (χ1n) is 5.13. The van der Waals surface area contributed by atoms with Crippen LogP contribution in [0.15, 0.2) is 0 Å². The lowest BCUT2D eigenvalue weighted by atomic mass is 9.70. The van der Waals surface area contributed by atoms with Crippen molar-refractivity contribution in [1.82, 2.24) is 0 Å². The molecule has 3 heteroatoms. The molecule has 1 unspecified atom stereocenters. The molecule has 3 nitrogen and oxygen atoms in total. The molecule has 0 aromatic carbocycles. The summed E-state index contributed by atoms with van der Waals surface area (Å²) in [4.78, 5) is 0. The predicted molar refractivity (Wildman–Crippen MR) is 48.4 cm³/mol. The van der Waals surface area contributed by atoms with Gasteiger partial charge in [-0.3, -0.25) is 0 Å². The smallest absolute Gasteiger partial charge is 0.0979 e. The molecule has 0 aromatic heterocycles. The molecule has 0 aromatic rings. The summed E-state index contributed by atoms with van der Waals surface area (Å²) in [5, 5.41) is 19.8. The van der Waals surface area contributed by atoms with Gasteiger partial charge in [0.1, 0.15) is 0 Å². The van der Waals surface area contributed by atoms with Gasteiger partial charge in [-0.25, -0.2) is 0 Å². The molecule has 1 aliphatic heterocycles. The normalized spacial score (nSPS) is 38.3. The summed E-state index contributed by atoms with van der Waals surface area (Å²) in [5.41, 5.74) is -1.01. The average molecular weight is 186 g/mol. The Kier molecular flexibility index (Phi) is 2.34. The van der Waals surface area contributed by atoms with Gasteiger partial charge in [-0.2, -0.15) is 0 Å². The van der Waals surface area contributed by atoms with Crippen LogP contribution in [0.25, 0.3) is 0 Å². The van der Waals surface area contributed by atoms with Crippen LogP contribution in [0.1, 0.15) is 32.1 Å². The summed E-state index contributed by atoms with van der Waals surface area (Å²) < 4.78 is 5.24. The van der Waals surface area contributed by atoms with E-state index in [-0.39, 0.29) is 12.0 Å². The molecule has 1 aliphatic carbocycles. The lowest BCUT2D eigenvalue weighted by Crippen LogP contribution is -2.49. The Labute approximate surface area is 78.7 Å². The topological polar surface area (TPSA) is 49.7 Å². The van der Waals surface area contributed by atoms with Crippen LogP contribution >= 0.6 is 0 Å². The fourth-order valence-electron chi connectivity index (χ4n) is 2.79. The van der Waals surface area contributed by atoms with Gasteiger partial charge in [0.25, 0.3) is 0 Å². The van der Waals surface area contributed by atoms with Gasteiger partial charge < -0.3 is 14.9 Å². The molecule has 0 spiro atoms. The van der Waals surface area contributed by atoms with Gasteiger partial charge in [0.05, 0.1) is 18.8 Å². The van der Waals surface area contributed by atoms with Crippen LogP contribution in [0.4, 0.5) is 0 Å². The fraction of sp³-hybridized carbons (Fsp3) is 1.00. The summed E-state index contributed by atoms with van der Waals surface area (Å²) in [6.07, 6.45) is 4.84. The second kappa shape index (κ2) is 3.23. The third kappa shape index (κ3) is 1.30. The SMILES string of the molecule is OCC1(C2(O)CCOC2)CCCC1. The fourth-order valence-corrected chi connectivity index (χ4v) is 2.79. The third-order valence-corrected chi connectivity index (χ3v) is 3.85. The van der Waals surface area contributed by atoms with Crippen molar-refractivity contribution in [3.8, 4) is 0 Å². The van der Waals surface area contributed by atoms with Gasteiger partial charge in [-0.05, 0) is 12.8 Å². The molecule has 2 N–H and O–H groups in total. The summed E-state index contributed by atoms with van der Waals surface area (Å²) in [6, 6.07) is 0. The molecule has 76 valence electrons. The molecule has 1 saturated carbocycles. The summed E-state index contributed by atoms with van der Waals surface area (Å²) in [6.45, 7) is 1.15. The van der Waals surface area contributed by atoms with Gasteiger partial charge in [-0.15, -0.1) is 0 Å². The molecule has 2 rings (SSSR count). The molecule has 1 heterocycles. The van der Waals surface area contributed by atoms with Crippen LogP contribution in [-0.4, -0.2) is 35.6 Å². The minimum atomic E-state index is -0.752. The standard InChI is InChI=1S/C10H18O3/c11-7-9(3-1-2-4-9)10(12)5-6-13-8-10/h11-12H,1-8H2. The lowest BCUT2D eigenvalue weighted by Gasteiger charge is -2.40. The number of aliphatic hydroxyl groups excluding tert-OH is 1. The van der Waals surface area contributed by atoms with Crippen LogP contribution in [0.3, 0.4) is 0 Å². The van der Waals surface area contributed by atoms with Gasteiger partial charge >= 0.3 is 0 Å². The largest absolute Gasteiger partial charge is 0.396 e. The Hall–Kier alpha value is -0.120. The molecular weight excluding hydrogens is 168 g/mol.